The third-order valence-electron chi connectivity index (χ3n) is 12.7. The van der Waals surface area contributed by atoms with Crippen LogP contribution in [0.25, 0.3) is 84.5 Å². The van der Waals surface area contributed by atoms with E-state index in [1.165, 1.54) is 0 Å². The Labute approximate surface area is 592 Å². The van der Waals surface area contributed by atoms with Crippen LogP contribution in [0.3, 0.4) is 0 Å². The van der Waals surface area contributed by atoms with E-state index in [1.54, 1.807) is 81.1 Å². The molecule has 12 nitrogen and oxygen atoms in total. The van der Waals surface area contributed by atoms with E-state index in [9.17, 15) is 0 Å². The number of rotatable bonds is 12. The maximum absolute atomic E-state index is 6.04. The van der Waals surface area contributed by atoms with Gasteiger partial charge in [0.05, 0.1) is 173 Å². The van der Waals surface area contributed by atoms with E-state index in [2.05, 4.69) is 265 Å². The maximum Gasteiger partial charge on any atom is 0.137 e. The van der Waals surface area contributed by atoms with E-state index in [-0.39, 0.29) is 0 Å². The highest BCUT2D eigenvalue weighted by Crippen LogP contribution is 2.60. The van der Waals surface area contributed by atoms with Crippen molar-refractivity contribution in [1.82, 2.24) is 19.9 Å². The summed E-state index contributed by atoms with van der Waals surface area (Å²) in [7, 11) is 12.7. The molecule has 3 aromatic heterocycles. The zero-order chi connectivity index (χ0) is 58.4. The molecular formula is C52H30Br16N4O8. The van der Waals surface area contributed by atoms with Crippen molar-refractivity contribution in [3.63, 3.8) is 0 Å². The molecule has 0 aliphatic carbocycles. The number of ether oxygens (including phenoxy) is 8. The minimum Gasteiger partial charge on any atom is -0.495 e. The molecule has 80 heavy (non-hydrogen) atoms. The van der Waals surface area contributed by atoms with Crippen LogP contribution >= 0.6 is 255 Å². The summed E-state index contributed by atoms with van der Waals surface area (Å²) in [5, 5.41) is 0. The van der Waals surface area contributed by atoms with E-state index in [4.69, 9.17) is 47.9 Å². The van der Waals surface area contributed by atoms with Crippen molar-refractivity contribution in [3.8, 4) is 90.5 Å². The lowest BCUT2D eigenvalue weighted by Crippen LogP contribution is -1.98. The van der Waals surface area contributed by atoms with Crippen LogP contribution in [-0.2, 0) is 0 Å². The van der Waals surface area contributed by atoms with E-state index in [0.29, 0.717) is 207 Å². The van der Waals surface area contributed by atoms with Crippen LogP contribution in [0, 0.1) is 0 Å². The lowest BCUT2D eigenvalue weighted by atomic mass is 10.0. The summed E-state index contributed by atoms with van der Waals surface area (Å²) in [5.74, 6) is 3.81. The van der Waals surface area contributed by atoms with Crippen molar-refractivity contribution in [1.29, 1.82) is 0 Å². The van der Waals surface area contributed by atoms with Crippen molar-refractivity contribution < 1.29 is 37.9 Å². The topological polar surface area (TPSA) is 131 Å². The van der Waals surface area contributed by atoms with Gasteiger partial charge in [0, 0.05) is 68.8 Å². The molecule has 0 saturated heterocycles. The van der Waals surface area contributed by atoms with Crippen LogP contribution in [-0.4, -0.2) is 76.8 Å². The Morgan fingerprint density at radius 1 is 0.237 bits per heavy atom. The Morgan fingerprint density at radius 2 is 0.388 bits per heavy atom. The van der Waals surface area contributed by atoms with E-state index < -0.39 is 0 Å². The number of aromatic amines is 2. The summed E-state index contributed by atoms with van der Waals surface area (Å²) >= 11 is 64.5. The van der Waals surface area contributed by atoms with Crippen LogP contribution in [0.5, 0.6) is 46.0 Å². The summed E-state index contributed by atoms with van der Waals surface area (Å²) in [6.07, 6.45) is 0. The van der Waals surface area contributed by atoms with Gasteiger partial charge in [0.25, 0.3) is 0 Å². The molecule has 28 heteroatoms. The molecule has 2 N–H and O–H groups in total. The number of aromatic nitrogens is 4. The molecule has 2 aliphatic heterocycles. The molecule has 0 unspecified atom stereocenters. The second-order valence-corrected chi connectivity index (χ2v) is 29.2. The Bertz CT molecular complexity index is 3480. The summed E-state index contributed by atoms with van der Waals surface area (Å²) < 4.78 is 57.5. The molecule has 0 saturated carbocycles. The molecular weight excluding hydrogens is 2090 g/mol. The molecule has 0 fully saturated rings. The molecule has 418 valence electrons. The quantitative estimate of drug-likeness (QED) is 0.122. The minimum atomic E-state index is 0.464. The molecule has 0 amide bonds. The number of halogens is 16. The molecule has 0 atom stereocenters. The van der Waals surface area contributed by atoms with E-state index in [0.717, 1.165) is 0 Å². The fourth-order valence-corrected chi connectivity index (χ4v) is 19.3. The standard InChI is InChI=1S/C52H30Br16N4O8/c1-73-13-9-14(74-2)30(54)21(29(13)53)25-45-37(61)39(63)47(69-45)26(22-31(55)15(75-3)10-16(76-4)32(22)56)49-41(65)43(67)51(71-49)28(24-35(59)19(79-7)12-20(80-8)36(24)60)52-44(68)42(66)50(72-52)27(48-40(64)38(62)46(25)70-48)23-33(57)17(77-5)11-18(78-6)34(23)58/h9-12,69,72H,1-8H3. The lowest BCUT2D eigenvalue weighted by molar-refractivity contribution is 0.391. The van der Waals surface area contributed by atoms with E-state index >= 15 is 0 Å². The number of nitrogens with one attached hydrogen (secondary N) is 2. The van der Waals surface area contributed by atoms with Crippen LogP contribution in [0.15, 0.2) is 77.9 Å². The highest BCUT2D eigenvalue weighted by molar-refractivity contribution is 9.19. The van der Waals surface area contributed by atoms with Crippen molar-refractivity contribution in [2.45, 2.75) is 0 Å². The highest BCUT2D eigenvalue weighted by atomic mass is 79.9. The molecule has 0 spiro atoms. The van der Waals surface area contributed by atoms with Crippen molar-refractivity contribution in [2.24, 2.45) is 0 Å². The Morgan fingerprint density at radius 3 is 0.525 bits per heavy atom. The molecule has 7 aromatic rings. The predicted molar refractivity (Wildman–Crippen MR) is 377 cm³/mol. The highest BCUT2D eigenvalue weighted by Gasteiger charge is 2.36. The van der Waals surface area contributed by atoms with Gasteiger partial charge in [-0.25, -0.2) is 9.97 Å². The zero-order valence-corrected chi connectivity index (χ0v) is 66.9. The molecule has 2 aliphatic rings. The smallest absolute Gasteiger partial charge is 0.137 e. The number of H-pyrrole nitrogens is 2. The molecule has 4 aromatic carbocycles. The number of hydrogen-bond acceptors (Lipinski definition) is 10. The average molecular weight is 2120 g/mol. The Hall–Kier alpha value is -0.440. The fraction of sp³-hybridized carbons (Fsp3) is 0.154. The van der Waals surface area contributed by atoms with E-state index in [1.807, 2.05) is 0 Å². The Kier molecular flexibility index (Phi) is 20.6. The van der Waals surface area contributed by atoms with Gasteiger partial charge in [-0.1, -0.05) is 0 Å². The van der Waals surface area contributed by atoms with Gasteiger partial charge in [-0.3, -0.25) is 0 Å². The lowest BCUT2D eigenvalue weighted by Gasteiger charge is -2.17. The molecule has 0 radical (unpaired) electrons. The van der Waals surface area contributed by atoms with Gasteiger partial charge >= 0.3 is 0 Å². The normalized spacial score (nSPS) is 12.4. The SMILES string of the molecule is COc1cc(OC)c(Br)c(-c2c3nc(c(-c4c(Br)c(OC)cc(OC)c4Br)c4[nH]c(c(Br)c4Br)c(-c4c(Br)c(OC)cc(OC)c4Br)c4nc(c(-c5c(Br)c(OC)cc(OC)c5Br)c5[nH]c2c(Br)c5Br)C(Br)=C4Br)C(Br)=C3Br)c1Br. The summed E-state index contributed by atoms with van der Waals surface area (Å²) in [6, 6.07) is 7.16. The first-order valence-corrected chi connectivity index (χ1v) is 34.8. The van der Waals surface area contributed by atoms with Crippen LogP contribution in [0.2, 0.25) is 0 Å². The minimum absolute atomic E-state index is 0.464. The second-order valence-electron chi connectivity index (χ2n) is 16.5. The maximum atomic E-state index is 6.04. The zero-order valence-electron chi connectivity index (χ0n) is 41.5. The predicted octanol–water partition coefficient (Wildman–Crippen LogP) is 23.4. The van der Waals surface area contributed by atoms with Gasteiger partial charge < -0.3 is 47.9 Å². The molecule has 9 rings (SSSR count). The van der Waals surface area contributed by atoms with Gasteiger partial charge in [-0.2, -0.15) is 0 Å². The third kappa shape index (κ3) is 10.6. The summed E-state index contributed by atoms with van der Waals surface area (Å²) in [6.45, 7) is 0. The van der Waals surface area contributed by atoms with Crippen molar-refractivity contribution in [2.75, 3.05) is 56.9 Å². The largest absolute Gasteiger partial charge is 0.495 e. The Balaban J connectivity index is 1.75. The first-order chi connectivity index (χ1) is 38.0. The fourth-order valence-electron chi connectivity index (χ4n) is 8.96. The summed E-state index contributed by atoms with van der Waals surface area (Å²) in [4.78, 5) is 19.2. The van der Waals surface area contributed by atoms with Gasteiger partial charge in [0.1, 0.15) is 46.0 Å². The number of methoxy groups -OCH3 is 8. The monoisotopic (exact) mass is 2100 g/mol. The average Bonchev–Trinajstić information content (AvgIpc) is 4.29. The van der Waals surface area contributed by atoms with Crippen molar-refractivity contribution >= 4 is 295 Å². The first-order valence-electron chi connectivity index (χ1n) is 22.1. The van der Waals surface area contributed by atoms with Crippen LogP contribution in [0.4, 0.5) is 0 Å². The third-order valence-corrected chi connectivity index (χ3v) is 27.4. The van der Waals surface area contributed by atoms with Crippen LogP contribution in [0.1, 0.15) is 22.8 Å². The van der Waals surface area contributed by atoms with Gasteiger partial charge in [-0.15, -0.1) is 0 Å². The first kappa shape index (κ1) is 64.0. The van der Waals surface area contributed by atoms with Gasteiger partial charge in [0.15, 0.2) is 0 Å². The van der Waals surface area contributed by atoms with Gasteiger partial charge in [0.2, 0.25) is 0 Å². The van der Waals surface area contributed by atoms with Gasteiger partial charge in [-0.05, 0) is 255 Å². The number of hydrogen-bond donors (Lipinski definition) is 2. The van der Waals surface area contributed by atoms with Crippen LogP contribution < -0.4 is 37.9 Å². The number of benzene rings is 4. The summed E-state index contributed by atoms with van der Waals surface area (Å²) in [5.41, 5.74) is 8.73. The number of nitrogens with zero attached hydrogens (tertiary/aromatic N) is 2. The number of fused-ring (bicyclic) bond motifs is 8. The van der Waals surface area contributed by atoms with Crippen molar-refractivity contribution in [3.05, 3.63) is 101 Å². The molecule has 5 heterocycles. The second kappa shape index (κ2) is 25.7. The molecule has 8 bridgehead atoms.